The molecular weight excluding hydrogens is 238 g/mol. The van der Waals surface area contributed by atoms with Crippen molar-refractivity contribution in [3.05, 3.63) is 66.2 Å². The van der Waals surface area contributed by atoms with Crippen LogP contribution in [0.4, 0.5) is 0 Å². The summed E-state index contributed by atoms with van der Waals surface area (Å²) in [6, 6.07) is 13.0. The Bertz CT molecular complexity index is 726. The van der Waals surface area contributed by atoms with Gasteiger partial charge in [-0.05, 0) is 24.3 Å². The zero-order valence-corrected chi connectivity index (χ0v) is 10.2. The summed E-state index contributed by atoms with van der Waals surface area (Å²) in [5.74, 6) is -0.0723. The number of benzene rings is 1. The van der Waals surface area contributed by atoms with Crippen molar-refractivity contribution >= 4 is 16.8 Å². The number of rotatable bonds is 3. The molecular formula is C15H11N3O. The molecule has 0 amide bonds. The lowest BCUT2D eigenvalue weighted by molar-refractivity contribution is 0.0987. The molecule has 2 aromatic heterocycles. The van der Waals surface area contributed by atoms with Crippen molar-refractivity contribution in [2.75, 3.05) is 0 Å². The van der Waals surface area contributed by atoms with Crippen LogP contribution in [0.25, 0.3) is 11.0 Å². The number of nitrogens with zero attached hydrogens (tertiary/aromatic N) is 3. The Kier molecular flexibility index (Phi) is 2.98. The quantitative estimate of drug-likeness (QED) is 0.669. The summed E-state index contributed by atoms with van der Waals surface area (Å²) in [4.78, 5) is 24.8. The SMILES string of the molecule is O=C(Cc1ccccn1)c1cnc2ccccc2n1. The lowest BCUT2D eigenvalue weighted by atomic mass is 10.1. The minimum absolute atomic E-state index is 0.0723. The average Bonchev–Trinajstić information content (AvgIpc) is 2.48. The predicted octanol–water partition coefficient (Wildman–Crippen LogP) is 2.45. The van der Waals surface area contributed by atoms with Crippen molar-refractivity contribution in [3.8, 4) is 0 Å². The first-order valence-corrected chi connectivity index (χ1v) is 5.98. The third-order valence-electron chi connectivity index (χ3n) is 2.80. The molecule has 0 unspecified atom stereocenters. The third-order valence-corrected chi connectivity index (χ3v) is 2.80. The second-order valence-corrected chi connectivity index (χ2v) is 4.16. The second-order valence-electron chi connectivity index (χ2n) is 4.16. The molecule has 0 aliphatic heterocycles. The van der Waals surface area contributed by atoms with Crippen LogP contribution in [-0.2, 0) is 6.42 Å². The Morgan fingerprint density at radius 2 is 1.74 bits per heavy atom. The van der Waals surface area contributed by atoms with Crippen LogP contribution < -0.4 is 0 Å². The molecule has 0 bridgehead atoms. The summed E-state index contributed by atoms with van der Waals surface area (Å²) >= 11 is 0. The maximum absolute atomic E-state index is 12.1. The lowest BCUT2D eigenvalue weighted by Gasteiger charge is -2.01. The Balaban J connectivity index is 1.89. The van der Waals surface area contributed by atoms with Crippen LogP contribution in [0.1, 0.15) is 16.2 Å². The van der Waals surface area contributed by atoms with Crippen molar-refractivity contribution in [1.29, 1.82) is 0 Å². The highest BCUT2D eigenvalue weighted by molar-refractivity contribution is 5.96. The van der Waals surface area contributed by atoms with Gasteiger partial charge in [0.1, 0.15) is 5.69 Å². The van der Waals surface area contributed by atoms with Crippen LogP contribution in [0.15, 0.2) is 54.9 Å². The van der Waals surface area contributed by atoms with Gasteiger partial charge in [0.15, 0.2) is 5.78 Å². The van der Waals surface area contributed by atoms with Crippen LogP contribution in [0.3, 0.4) is 0 Å². The molecule has 0 fully saturated rings. The largest absolute Gasteiger partial charge is 0.292 e. The van der Waals surface area contributed by atoms with Gasteiger partial charge in [0.05, 0.1) is 23.7 Å². The monoisotopic (exact) mass is 249 g/mol. The number of Topliss-reactive ketones (excluding diaryl/α,β-unsaturated/α-hetero) is 1. The molecule has 0 aliphatic rings. The van der Waals surface area contributed by atoms with Crippen molar-refractivity contribution < 1.29 is 4.79 Å². The highest BCUT2D eigenvalue weighted by Gasteiger charge is 2.10. The molecule has 3 rings (SSSR count). The maximum Gasteiger partial charge on any atom is 0.188 e. The van der Waals surface area contributed by atoms with Gasteiger partial charge in [0.2, 0.25) is 0 Å². The molecule has 0 radical (unpaired) electrons. The third kappa shape index (κ3) is 2.47. The summed E-state index contributed by atoms with van der Waals surface area (Å²) < 4.78 is 0. The highest BCUT2D eigenvalue weighted by Crippen LogP contribution is 2.10. The summed E-state index contributed by atoms with van der Waals surface area (Å²) in [7, 11) is 0. The van der Waals surface area contributed by atoms with E-state index in [1.165, 1.54) is 6.20 Å². The number of fused-ring (bicyclic) bond motifs is 1. The summed E-state index contributed by atoms with van der Waals surface area (Å²) in [5, 5.41) is 0. The number of para-hydroxylation sites is 2. The Morgan fingerprint density at radius 3 is 2.53 bits per heavy atom. The smallest absolute Gasteiger partial charge is 0.188 e. The molecule has 0 spiro atoms. The zero-order chi connectivity index (χ0) is 13.1. The number of hydrogen-bond acceptors (Lipinski definition) is 4. The Hall–Kier alpha value is -2.62. The number of ketones is 1. The number of hydrogen-bond donors (Lipinski definition) is 0. The molecule has 92 valence electrons. The van der Waals surface area contributed by atoms with Gasteiger partial charge in [-0.3, -0.25) is 14.8 Å². The van der Waals surface area contributed by atoms with Crippen molar-refractivity contribution in [1.82, 2.24) is 15.0 Å². The Morgan fingerprint density at radius 1 is 0.947 bits per heavy atom. The second kappa shape index (κ2) is 4.94. The predicted molar refractivity (Wildman–Crippen MR) is 71.8 cm³/mol. The normalized spacial score (nSPS) is 10.5. The van der Waals surface area contributed by atoms with Crippen molar-refractivity contribution in [2.24, 2.45) is 0 Å². The van der Waals surface area contributed by atoms with Gasteiger partial charge in [-0.2, -0.15) is 0 Å². The fourth-order valence-corrected chi connectivity index (χ4v) is 1.85. The molecule has 4 nitrogen and oxygen atoms in total. The Labute approximate surface area is 110 Å². The first-order chi connectivity index (χ1) is 9.33. The molecule has 4 heteroatoms. The van der Waals surface area contributed by atoms with Crippen LogP contribution >= 0.6 is 0 Å². The van der Waals surface area contributed by atoms with Gasteiger partial charge in [0, 0.05) is 11.9 Å². The van der Waals surface area contributed by atoms with Gasteiger partial charge in [0.25, 0.3) is 0 Å². The first-order valence-electron chi connectivity index (χ1n) is 5.98. The molecule has 0 aliphatic carbocycles. The number of carbonyl (C=O) groups excluding carboxylic acids is 1. The first kappa shape index (κ1) is 11.5. The molecule has 0 saturated carbocycles. The summed E-state index contributed by atoms with van der Waals surface area (Å²) in [6.45, 7) is 0. The van der Waals surface area contributed by atoms with Gasteiger partial charge < -0.3 is 0 Å². The van der Waals surface area contributed by atoms with E-state index in [0.29, 0.717) is 5.69 Å². The number of aromatic nitrogens is 3. The minimum atomic E-state index is -0.0723. The number of carbonyl (C=O) groups is 1. The summed E-state index contributed by atoms with van der Waals surface area (Å²) in [6.07, 6.45) is 3.44. The van der Waals surface area contributed by atoms with E-state index in [1.54, 1.807) is 6.20 Å². The van der Waals surface area contributed by atoms with Gasteiger partial charge >= 0.3 is 0 Å². The molecule has 0 atom stereocenters. The topological polar surface area (TPSA) is 55.7 Å². The molecule has 1 aromatic carbocycles. The van der Waals surface area contributed by atoms with Gasteiger partial charge in [-0.25, -0.2) is 4.98 Å². The molecule has 19 heavy (non-hydrogen) atoms. The van der Waals surface area contributed by atoms with Gasteiger partial charge in [-0.1, -0.05) is 18.2 Å². The van der Waals surface area contributed by atoms with Crippen molar-refractivity contribution in [3.63, 3.8) is 0 Å². The molecule has 3 aromatic rings. The van der Waals surface area contributed by atoms with Crippen LogP contribution in [-0.4, -0.2) is 20.7 Å². The number of pyridine rings is 1. The fourth-order valence-electron chi connectivity index (χ4n) is 1.85. The molecule has 2 heterocycles. The van der Waals surface area contributed by atoms with E-state index in [1.807, 2.05) is 42.5 Å². The van der Waals surface area contributed by atoms with E-state index < -0.39 is 0 Å². The lowest BCUT2D eigenvalue weighted by Crippen LogP contribution is -2.07. The van der Waals surface area contributed by atoms with E-state index in [0.717, 1.165) is 16.7 Å². The van der Waals surface area contributed by atoms with E-state index in [9.17, 15) is 4.79 Å². The summed E-state index contributed by atoms with van der Waals surface area (Å²) in [5.41, 5.74) is 2.64. The maximum atomic E-state index is 12.1. The molecule has 0 saturated heterocycles. The standard InChI is InChI=1S/C15H11N3O/c19-15(9-11-5-3-4-8-16-11)14-10-17-12-6-1-2-7-13(12)18-14/h1-8,10H,9H2. The highest BCUT2D eigenvalue weighted by atomic mass is 16.1. The zero-order valence-electron chi connectivity index (χ0n) is 10.2. The van der Waals surface area contributed by atoms with E-state index in [2.05, 4.69) is 15.0 Å². The van der Waals surface area contributed by atoms with Gasteiger partial charge in [-0.15, -0.1) is 0 Å². The molecule has 0 N–H and O–H groups in total. The van der Waals surface area contributed by atoms with E-state index >= 15 is 0 Å². The van der Waals surface area contributed by atoms with Crippen LogP contribution in [0.5, 0.6) is 0 Å². The van der Waals surface area contributed by atoms with Crippen LogP contribution in [0.2, 0.25) is 0 Å². The van der Waals surface area contributed by atoms with E-state index in [-0.39, 0.29) is 12.2 Å². The minimum Gasteiger partial charge on any atom is -0.292 e. The average molecular weight is 249 g/mol. The van der Waals surface area contributed by atoms with Crippen molar-refractivity contribution in [2.45, 2.75) is 6.42 Å². The fraction of sp³-hybridized carbons (Fsp3) is 0.0667. The van der Waals surface area contributed by atoms with Crippen LogP contribution in [0, 0.1) is 0 Å². The van der Waals surface area contributed by atoms with E-state index in [4.69, 9.17) is 0 Å².